The summed E-state index contributed by atoms with van der Waals surface area (Å²) < 4.78 is 10.5. The standard InChI is InChI=1S/C18H27N3O4.CH5N/c1-24-12-11-21(8-4-7-20-9-13-25-14-10-20)18(23)16-5-2-3-6-17(16)19-15-22;1-2/h2-3,5-6,15H,4,7-14H2,1H3,(H,19,22);2H2,1H3. The highest BCUT2D eigenvalue weighted by molar-refractivity contribution is 6.01. The molecule has 8 heteroatoms. The van der Waals surface area contributed by atoms with Gasteiger partial charge in [0.05, 0.1) is 31.1 Å². The Labute approximate surface area is 161 Å². The molecule has 0 atom stereocenters. The van der Waals surface area contributed by atoms with Gasteiger partial charge in [0.1, 0.15) is 0 Å². The first kappa shape index (κ1) is 23.0. The predicted molar refractivity (Wildman–Crippen MR) is 106 cm³/mol. The van der Waals surface area contributed by atoms with Crippen molar-refractivity contribution in [3.8, 4) is 0 Å². The summed E-state index contributed by atoms with van der Waals surface area (Å²) in [7, 11) is 3.12. The number of nitrogens with one attached hydrogen (secondary N) is 1. The lowest BCUT2D eigenvalue weighted by Gasteiger charge is -2.28. The van der Waals surface area contributed by atoms with Crippen molar-refractivity contribution in [3.05, 3.63) is 29.8 Å². The molecule has 27 heavy (non-hydrogen) atoms. The Balaban J connectivity index is 0.00000176. The zero-order chi connectivity index (χ0) is 19.9. The van der Waals surface area contributed by atoms with Crippen LogP contribution in [0.2, 0.25) is 0 Å². The van der Waals surface area contributed by atoms with Crippen LogP contribution in [-0.4, -0.2) is 88.8 Å². The van der Waals surface area contributed by atoms with E-state index in [4.69, 9.17) is 9.47 Å². The smallest absolute Gasteiger partial charge is 0.256 e. The van der Waals surface area contributed by atoms with Gasteiger partial charge in [0.15, 0.2) is 0 Å². The fraction of sp³-hybridized carbons (Fsp3) is 0.579. The Morgan fingerprint density at radius 3 is 2.67 bits per heavy atom. The van der Waals surface area contributed by atoms with Gasteiger partial charge in [-0.2, -0.15) is 0 Å². The number of carbonyl (C=O) groups excluding carboxylic acids is 2. The lowest BCUT2D eigenvalue weighted by Crippen LogP contribution is -2.40. The molecule has 152 valence electrons. The molecule has 2 amide bonds. The van der Waals surface area contributed by atoms with Gasteiger partial charge in [-0.1, -0.05) is 12.1 Å². The van der Waals surface area contributed by atoms with Gasteiger partial charge in [0.25, 0.3) is 5.91 Å². The third kappa shape index (κ3) is 8.04. The van der Waals surface area contributed by atoms with Gasteiger partial charge in [0, 0.05) is 39.8 Å². The monoisotopic (exact) mass is 380 g/mol. The molecule has 3 N–H and O–H groups in total. The molecule has 1 heterocycles. The average Bonchev–Trinajstić information content (AvgIpc) is 2.73. The lowest BCUT2D eigenvalue weighted by molar-refractivity contribution is -0.105. The molecule has 0 bridgehead atoms. The van der Waals surface area contributed by atoms with Crippen LogP contribution in [-0.2, 0) is 14.3 Å². The van der Waals surface area contributed by atoms with Crippen molar-refractivity contribution in [2.75, 3.05) is 72.0 Å². The van der Waals surface area contributed by atoms with E-state index in [0.29, 0.717) is 37.4 Å². The number of nitrogens with zero attached hydrogens (tertiary/aromatic N) is 2. The maximum absolute atomic E-state index is 12.9. The highest BCUT2D eigenvalue weighted by atomic mass is 16.5. The van der Waals surface area contributed by atoms with Crippen LogP contribution >= 0.6 is 0 Å². The number of ether oxygens (including phenoxy) is 2. The summed E-state index contributed by atoms with van der Waals surface area (Å²) in [6.07, 6.45) is 1.47. The number of hydrogen-bond acceptors (Lipinski definition) is 6. The van der Waals surface area contributed by atoms with Crippen molar-refractivity contribution >= 4 is 18.0 Å². The fourth-order valence-electron chi connectivity index (χ4n) is 2.86. The maximum atomic E-state index is 12.9. The zero-order valence-electron chi connectivity index (χ0n) is 16.4. The van der Waals surface area contributed by atoms with E-state index in [2.05, 4.69) is 16.0 Å². The topological polar surface area (TPSA) is 97.1 Å². The number of carbonyl (C=O) groups is 2. The summed E-state index contributed by atoms with van der Waals surface area (Å²) >= 11 is 0. The molecule has 0 unspecified atom stereocenters. The Bertz CT molecular complexity index is 550. The number of morpholine rings is 1. The Kier molecular flexibility index (Phi) is 12.0. The predicted octanol–water partition coefficient (Wildman–Crippen LogP) is 0.641. The van der Waals surface area contributed by atoms with Crippen molar-refractivity contribution < 1.29 is 19.1 Å². The molecule has 1 aliphatic rings. The van der Waals surface area contributed by atoms with E-state index in [1.54, 1.807) is 36.3 Å². The van der Waals surface area contributed by atoms with Crippen molar-refractivity contribution in [2.45, 2.75) is 6.42 Å². The van der Waals surface area contributed by atoms with Crippen LogP contribution in [0.4, 0.5) is 5.69 Å². The highest BCUT2D eigenvalue weighted by Gasteiger charge is 2.19. The van der Waals surface area contributed by atoms with Crippen LogP contribution in [0.5, 0.6) is 0 Å². The van der Waals surface area contributed by atoms with Gasteiger partial charge in [-0.05, 0) is 25.6 Å². The van der Waals surface area contributed by atoms with Crippen LogP contribution in [0.15, 0.2) is 24.3 Å². The minimum atomic E-state index is -0.0935. The summed E-state index contributed by atoms with van der Waals surface area (Å²) in [5.41, 5.74) is 5.52. The molecule has 2 rings (SSSR count). The van der Waals surface area contributed by atoms with Gasteiger partial charge >= 0.3 is 0 Å². The van der Waals surface area contributed by atoms with Crippen molar-refractivity contribution in [3.63, 3.8) is 0 Å². The van der Waals surface area contributed by atoms with Gasteiger partial charge in [-0.3, -0.25) is 14.5 Å². The van der Waals surface area contributed by atoms with Gasteiger partial charge < -0.3 is 25.4 Å². The third-order valence-corrected chi connectivity index (χ3v) is 4.23. The van der Waals surface area contributed by atoms with Crippen LogP contribution in [0.3, 0.4) is 0 Å². The van der Waals surface area contributed by atoms with E-state index in [-0.39, 0.29) is 5.91 Å². The lowest BCUT2D eigenvalue weighted by atomic mass is 10.1. The number of rotatable bonds is 10. The zero-order valence-corrected chi connectivity index (χ0v) is 16.4. The quantitative estimate of drug-likeness (QED) is 0.578. The summed E-state index contributed by atoms with van der Waals surface area (Å²) in [4.78, 5) is 27.8. The Hall–Kier alpha value is -2.00. The molecule has 1 saturated heterocycles. The second-order valence-corrected chi connectivity index (χ2v) is 5.90. The molecular weight excluding hydrogens is 348 g/mol. The number of amides is 2. The van der Waals surface area contributed by atoms with Crippen LogP contribution in [0.1, 0.15) is 16.8 Å². The molecule has 1 aliphatic heterocycles. The summed E-state index contributed by atoms with van der Waals surface area (Å²) in [6.45, 7) is 6.02. The molecule has 0 aliphatic carbocycles. The summed E-state index contributed by atoms with van der Waals surface area (Å²) in [5.74, 6) is -0.0935. The summed E-state index contributed by atoms with van der Waals surface area (Å²) in [6, 6.07) is 7.05. The molecule has 1 aromatic rings. The van der Waals surface area contributed by atoms with Gasteiger partial charge in [-0.25, -0.2) is 0 Å². The second kappa shape index (κ2) is 14.1. The van der Waals surface area contributed by atoms with Crippen molar-refractivity contribution in [1.82, 2.24) is 9.80 Å². The van der Waals surface area contributed by atoms with Gasteiger partial charge in [-0.15, -0.1) is 0 Å². The fourth-order valence-corrected chi connectivity index (χ4v) is 2.86. The normalized spacial score (nSPS) is 14.0. The summed E-state index contributed by atoms with van der Waals surface area (Å²) in [5, 5.41) is 2.59. The van der Waals surface area contributed by atoms with Crippen LogP contribution in [0, 0.1) is 0 Å². The molecule has 0 aromatic heterocycles. The molecular formula is C19H32N4O4. The molecule has 1 fully saturated rings. The minimum Gasteiger partial charge on any atom is -0.383 e. The van der Waals surface area contributed by atoms with E-state index in [1.165, 1.54) is 7.05 Å². The van der Waals surface area contributed by atoms with E-state index < -0.39 is 0 Å². The van der Waals surface area contributed by atoms with Gasteiger partial charge in [0.2, 0.25) is 6.41 Å². The number of methoxy groups -OCH3 is 1. The largest absolute Gasteiger partial charge is 0.383 e. The van der Waals surface area contributed by atoms with Crippen molar-refractivity contribution in [2.24, 2.45) is 5.73 Å². The van der Waals surface area contributed by atoms with E-state index >= 15 is 0 Å². The molecule has 0 spiro atoms. The van der Waals surface area contributed by atoms with E-state index in [1.807, 2.05) is 0 Å². The molecule has 8 nitrogen and oxygen atoms in total. The highest BCUT2D eigenvalue weighted by Crippen LogP contribution is 2.17. The number of para-hydroxylation sites is 1. The first-order chi connectivity index (χ1) is 13.3. The van der Waals surface area contributed by atoms with E-state index in [0.717, 1.165) is 39.3 Å². The average molecular weight is 380 g/mol. The number of hydrogen-bond donors (Lipinski definition) is 2. The Morgan fingerprint density at radius 1 is 1.30 bits per heavy atom. The van der Waals surface area contributed by atoms with Crippen molar-refractivity contribution in [1.29, 1.82) is 0 Å². The maximum Gasteiger partial charge on any atom is 0.256 e. The first-order valence-electron chi connectivity index (χ1n) is 9.21. The third-order valence-electron chi connectivity index (χ3n) is 4.23. The minimum absolute atomic E-state index is 0.0935. The number of nitrogens with two attached hydrogens (primary N) is 1. The SMILES string of the molecule is CN.COCCN(CCCN1CCOCC1)C(=O)c1ccccc1NC=O. The first-order valence-corrected chi connectivity index (χ1v) is 9.21. The van der Waals surface area contributed by atoms with Crippen LogP contribution in [0.25, 0.3) is 0 Å². The Morgan fingerprint density at radius 2 is 2.00 bits per heavy atom. The number of benzene rings is 1. The molecule has 0 saturated carbocycles. The molecule has 1 aromatic carbocycles. The molecule has 0 radical (unpaired) electrons. The number of anilines is 1. The van der Waals surface area contributed by atoms with Crippen LogP contribution < -0.4 is 11.1 Å². The van der Waals surface area contributed by atoms with E-state index in [9.17, 15) is 9.59 Å². The second-order valence-electron chi connectivity index (χ2n) is 5.90.